The molecule has 0 radical (unpaired) electrons. The fraction of sp³-hybridized carbons (Fsp3) is 0.667. The van der Waals surface area contributed by atoms with E-state index in [-0.39, 0.29) is 12.4 Å². The third kappa shape index (κ3) is 7.29. The number of carbonyl (C=O) groups is 2. The molecule has 0 aliphatic rings. The minimum atomic E-state index is -1.01. The number of rotatable bonds is 5. The van der Waals surface area contributed by atoms with Gasteiger partial charge in [-0.15, -0.1) is 12.4 Å². The molecule has 11 heavy (non-hydrogen) atoms. The van der Waals surface area contributed by atoms with Gasteiger partial charge >= 0.3 is 5.97 Å². The van der Waals surface area contributed by atoms with E-state index in [2.05, 4.69) is 0 Å². The number of nitrogens with two attached hydrogens (primary N) is 1. The second kappa shape index (κ2) is 7.50. The van der Waals surface area contributed by atoms with Crippen LogP contribution in [-0.4, -0.2) is 23.4 Å². The predicted octanol–water partition coefficient (Wildman–Crippen LogP) is 0.189. The van der Waals surface area contributed by atoms with Gasteiger partial charge in [0.05, 0.1) is 0 Å². The summed E-state index contributed by atoms with van der Waals surface area (Å²) in [5.74, 6) is -1.01. The molecule has 5 heteroatoms. The molecule has 0 spiro atoms. The highest BCUT2D eigenvalue weighted by Crippen LogP contribution is 1.96. The van der Waals surface area contributed by atoms with Crippen LogP contribution < -0.4 is 5.73 Å². The Labute approximate surface area is 71.2 Å². The molecule has 4 nitrogen and oxygen atoms in total. The monoisotopic (exact) mass is 181 g/mol. The zero-order valence-electron chi connectivity index (χ0n) is 6.03. The smallest absolute Gasteiger partial charge is 0.320 e. The number of unbranched alkanes of at least 4 members (excludes halogenated alkanes) is 1. The fourth-order valence-electron chi connectivity index (χ4n) is 0.545. The van der Waals surface area contributed by atoms with Crippen molar-refractivity contribution < 1.29 is 14.7 Å². The molecule has 0 aliphatic carbocycles. The Kier molecular flexibility index (Phi) is 8.87. The third-order valence-corrected chi connectivity index (χ3v) is 1.15. The zero-order valence-corrected chi connectivity index (χ0v) is 6.84. The van der Waals surface area contributed by atoms with Gasteiger partial charge in [0.15, 0.2) is 0 Å². The molecular weight excluding hydrogens is 170 g/mol. The first-order valence-corrected chi connectivity index (χ1v) is 3.10. The third-order valence-electron chi connectivity index (χ3n) is 1.15. The number of hydrogen-bond donors (Lipinski definition) is 2. The van der Waals surface area contributed by atoms with Crippen LogP contribution >= 0.6 is 12.4 Å². The van der Waals surface area contributed by atoms with Crippen LogP contribution in [0.25, 0.3) is 0 Å². The van der Waals surface area contributed by atoms with E-state index in [9.17, 15) is 9.59 Å². The Morgan fingerprint density at radius 3 is 2.55 bits per heavy atom. The quantitative estimate of drug-likeness (QED) is 0.469. The van der Waals surface area contributed by atoms with E-state index in [0.29, 0.717) is 19.3 Å². The Balaban J connectivity index is 0. The van der Waals surface area contributed by atoms with Crippen molar-refractivity contribution in [3.05, 3.63) is 0 Å². The molecule has 66 valence electrons. The first kappa shape index (κ1) is 13.0. The van der Waals surface area contributed by atoms with Gasteiger partial charge in [-0.2, -0.15) is 0 Å². The molecule has 0 aromatic heterocycles. The van der Waals surface area contributed by atoms with E-state index in [4.69, 9.17) is 10.8 Å². The van der Waals surface area contributed by atoms with Crippen molar-refractivity contribution in [1.29, 1.82) is 0 Å². The molecule has 0 aromatic rings. The Morgan fingerprint density at radius 2 is 2.18 bits per heavy atom. The Hall–Kier alpha value is -0.610. The van der Waals surface area contributed by atoms with E-state index in [1.165, 1.54) is 0 Å². The van der Waals surface area contributed by atoms with Crippen molar-refractivity contribution in [2.75, 3.05) is 0 Å². The summed E-state index contributed by atoms with van der Waals surface area (Å²) in [5, 5.41) is 8.27. The van der Waals surface area contributed by atoms with Gasteiger partial charge in [0, 0.05) is 6.42 Å². The highest BCUT2D eigenvalue weighted by molar-refractivity contribution is 5.85. The number of hydrogen-bond acceptors (Lipinski definition) is 3. The fourth-order valence-corrected chi connectivity index (χ4v) is 0.545. The molecule has 0 aromatic carbocycles. The lowest BCUT2D eigenvalue weighted by atomic mass is 10.1. The van der Waals surface area contributed by atoms with Crippen LogP contribution in [0.2, 0.25) is 0 Å². The van der Waals surface area contributed by atoms with Gasteiger partial charge < -0.3 is 15.6 Å². The highest BCUT2D eigenvalue weighted by atomic mass is 35.5. The van der Waals surface area contributed by atoms with Gasteiger partial charge in [-0.05, 0) is 12.8 Å². The molecule has 0 saturated heterocycles. The standard InChI is InChI=1S/C6H11NO3.ClH/c7-5(6(9)10)3-1-2-4-8;/h4-5H,1-3,7H2,(H,9,10);1H/t5-;/m0./s1. The lowest BCUT2D eigenvalue weighted by Crippen LogP contribution is -2.29. The van der Waals surface area contributed by atoms with Crippen LogP contribution in [0.3, 0.4) is 0 Å². The largest absolute Gasteiger partial charge is 0.480 e. The molecule has 3 N–H and O–H groups in total. The molecule has 0 heterocycles. The van der Waals surface area contributed by atoms with Crippen LogP contribution in [-0.2, 0) is 9.59 Å². The summed E-state index contributed by atoms with van der Waals surface area (Å²) in [4.78, 5) is 19.8. The number of carbonyl (C=O) groups excluding carboxylic acids is 1. The molecule has 0 unspecified atom stereocenters. The number of carboxylic acids is 1. The van der Waals surface area contributed by atoms with E-state index in [1.54, 1.807) is 0 Å². The van der Waals surface area contributed by atoms with E-state index >= 15 is 0 Å². The van der Waals surface area contributed by atoms with Gasteiger partial charge in [0.1, 0.15) is 12.3 Å². The number of aliphatic carboxylic acids is 1. The molecule has 0 saturated carbocycles. The summed E-state index contributed by atoms with van der Waals surface area (Å²) in [6.45, 7) is 0. The first-order chi connectivity index (χ1) is 4.68. The van der Waals surface area contributed by atoms with Crippen LogP contribution in [0.5, 0.6) is 0 Å². The normalized spacial score (nSPS) is 11.4. The Morgan fingerprint density at radius 1 is 1.64 bits per heavy atom. The van der Waals surface area contributed by atoms with Crippen molar-refractivity contribution >= 4 is 24.7 Å². The maximum Gasteiger partial charge on any atom is 0.320 e. The number of carboxylic acid groups (broad SMARTS) is 1. The lowest BCUT2D eigenvalue weighted by Gasteiger charge is -2.02. The summed E-state index contributed by atoms with van der Waals surface area (Å²) in [6.07, 6.45) is 2.07. The van der Waals surface area contributed by atoms with Gasteiger partial charge in [-0.1, -0.05) is 0 Å². The molecule has 0 fully saturated rings. The maximum atomic E-state index is 10.1. The average Bonchev–Trinajstić information content (AvgIpc) is 1.88. The second-order valence-electron chi connectivity index (χ2n) is 2.04. The molecule has 0 bridgehead atoms. The van der Waals surface area contributed by atoms with E-state index in [0.717, 1.165) is 6.29 Å². The summed E-state index contributed by atoms with van der Waals surface area (Å²) in [7, 11) is 0. The highest BCUT2D eigenvalue weighted by Gasteiger charge is 2.09. The molecular formula is C6H12ClNO3. The van der Waals surface area contributed by atoms with Crippen molar-refractivity contribution in [3.63, 3.8) is 0 Å². The van der Waals surface area contributed by atoms with Crippen molar-refractivity contribution in [2.45, 2.75) is 25.3 Å². The first-order valence-electron chi connectivity index (χ1n) is 3.10. The minimum Gasteiger partial charge on any atom is -0.480 e. The number of aldehydes is 1. The molecule has 1 atom stereocenters. The molecule has 0 amide bonds. The average molecular weight is 182 g/mol. The maximum absolute atomic E-state index is 10.1. The second-order valence-corrected chi connectivity index (χ2v) is 2.04. The number of halogens is 1. The van der Waals surface area contributed by atoms with E-state index in [1.807, 2.05) is 0 Å². The van der Waals surface area contributed by atoms with Crippen molar-refractivity contribution in [2.24, 2.45) is 5.73 Å². The lowest BCUT2D eigenvalue weighted by molar-refractivity contribution is -0.138. The van der Waals surface area contributed by atoms with Crippen LogP contribution in [0.4, 0.5) is 0 Å². The van der Waals surface area contributed by atoms with Gasteiger partial charge in [-0.25, -0.2) is 0 Å². The summed E-state index contributed by atoms with van der Waals surface area (Å²) in [6, 6.07) is -0.819. The molecule has 0 rings (SSSR count). The van der Waals surface area contributed by atoms with Crippen LogP contribution in [0.15, 0.2) is 0 Å². The van der Waals surface area contributed by atoms with Crippen LogP contribution in [0.1, 0.15) is 19.3 Å². The SMILES string of the molecule is Cl.N[C@@H](CCCC=O)C(=O)O. The zero-order chi connectivity index (χ0) is 7.98. The van der Waals surface area contributed by atoms with Gasteiger partial charge in [-0.3, -0.25) is 4.79 Å². The van der Waals surface area contributed by atoms with Gasteiger partial charge in [0.2, 0.25) is 0 Å². The Bertz CT molecular complexity index is 129. The summed E-state index contributed by atoms with van der Waals surface area (Å²) >= 11 is 0. The van der Waals surface area contributed by atoms with Gasteiger partial charge in [0.25, 0.3) is 0 Å². The summed E-state index contributed by atoms with van der Waals surface area (Å²) in [5.41, 5.74) is 5.14. The van der Waals surface area contributed by atoms with Crippen molar-refractivity contribution in [3.8, 4) is 0 Å². The minimum absolute atomic E-state index is 0. The van der Waals surface area contributed by atoms with Crippen molar-refractivity contribution in [1.82, 2.24) is 0 Å². The topological polar surface area (TPSA) is 80.4 Å². The summed E-state index contributed by atoms with van der Waals surface area (Å²) < 4.78 is 0. The van der Waals surface area contributed by atoms with E-state index < -0.39 is 12.0 Å². The molecule has 0 aliphatic heterocycles. The predicted molar refractivity (Wildman–Crippen MR) is 42.8 cm³/mol. The van der Waals surface area contributed by atoms with Crippen LogP contribution in [0, 0.1) is 0 Å².